The lowest BCUT2D eigenvalue weighted by molar-refractivity contribution is -0.135. The highest BCUT2D eigenvalue weighted by atomic mass is 35.5. The second-order valence-electron chi connectivity index (χ2n) is 6.65. The predicted molar refractivity (Wildman–Crippen MR) is 87.5 cm³/mol. The summed E-state index contributed by atoms with van der Waals surface area (Å²) in [5, 5.41) is 3.37. The van der Waals surface area contributed by atoms with Crippen LogP contribution in [0.15, 0.2) is 24.5 Å². The zero-order valence-electron chi connectivity index (χ0n) is 13.1. The van der Waals surface area contributed by atoms with Crippen LogP contribution >= 0.6 is 12.4 Å². The highest BCUT2D eigenvalue weighted by Crippen LogP contribution is 2.25. The molecule has 0 spiro atoms. The summed E-state index contributed by atoms with van der Waals surface area (Å²) in [7, 11) is 0. The molecule has 0 radical (unpaired) electrons. The second-order valence-corrected chi connectivity index (χ2v) is 6.65. The van der Waals surface area contributed by atoms with Gasteiger partial charge in [0.1, 0.15) is 0 Å². The molecule has 0 saturated carbocycles. The predicted octanol–water partition coefficient (Wildman–Crippen LogP) is 2.80. The summed E-state index contributed by atoms with van der Waals surface area (Å²) in [6.45, 7) is 9.00. The molecule has 0 aromatic carbocycles. The van der Waals surface area contributed by atoms with E-state index < -0.39 is 0 Å². The van der Waals surface area contributed by atoms with E-state index in [4.69, 9.17) is 0 Å². The second kappa shape index (κ2) is 7.76. The minimum atomic E-state index is 0. The maximum Gasteiger partial charge on any atom is 0.223 e. The van der Waals surface area contributed by atoms with E-state index in [9.17, 15) is 4.79 Å². The van der Waals surface area contributed by atoms with Gasteiger partial charge in [0.05, 0.1) is 6.04 Å². The molecule has 1 atom stereocenters. The third kappa shape index (κ3) is 5.29. The van der Waals surface area contributed by atoms with Gasteiger partial charge in [-0.1, -0.05) is 26.8 Å². The quantitative estimate of drug-likeness (QED) is 0.933. The minimum absolute atomic E-state index is 0. The van der Waals surface area contributed by atoms with Gasteiger partial charge in [-0.2, -0.15) is 0 Å². The Labute approximate surface area is 133 Å². The molecule has 1 aromatic rings. The van der Waals surface area contributed by atoms with Gasteiger partial charge in [-0.25, -0.2) is 0 Å². The van der Waals surface area contributed by atoms with Crippen molar-refractivity contribution in [2.75, 3.05) is 19.6 Å². The molecule has 2 heterocycles. The molecule has 1 amide bonds. The fourth-order valence-corrected chi connectivity index (χ4v) is 2.50. The van der Waals surface area contributed by atoms with Gasteiger partial charge in [0.25, 0.3) is 0 Å². The van der Waals surface area contributed by atoms with E-state index in [1.165, 1.54) is 0 Å². The van der Waals surface area contributed by atoms with E-state index in [2.05, 4.69) is 37.1 Å². The van der Waals surface area contributed by atoms with Crippen LogP contribution in [0.1, 0.15) is 45.2 Å². The summed E-state index contributed by atoms with van der Waals surface area (Å²) < 4.78 is 0. The third-order valence-corrected chi connectivity index (χ3v) is 3.72. The molecule has 2 rings (SSSR count). The van der Waals surface area contributed by atoms with Crippen molar-refractivity contribution in [3.63, 3.8) is 0 Å². The van der Waals surface area contributed by atoms with Crippen LogP contribution in [0.5, 0.6) is 0 Å². The molecule has 118 valence electrons. The molecule has 0 bridgehead atoms. The summed E-state index contributed by atoms with van der Waals surface area (Å²) in [4.78, 5) is 18.7. The standard InChI is InChI=1S/C16H25N3O.ClH/c1-16(2,3)7-6-15(20)19-10-9-18-12-14(19)13-5-4-8-17-11-13;/h4-5,8,11,14,18H,6-7,9-10,12H2,1-3H3;1H. The summed E-state index contributed by atoms with van der Waals surface area (Å²) in [5.41, 5.74) is 1.32. The average Bonchev–Trinajstić information content (AvgIpc) is 2.45. The molecular formula is C16H26ClN3O. The normalized spacial score (nSPS) is 19.0. The Bertz CT molecular complexity index is 445. The molecule has 5 heteroatoms. The SMILES string of the molecule is CC(C)(C)CCC(=O)N1CCNCC1c1cccnc1.Cl. The maximum absolute atomic E-state index is 12.5. The molecule has 1 aliphatic heterocycles. The minimum Gasteiger partial charge on any atom is -0.333 e. The first-order chi connectivity index (χ1) is 9.47. The maximum atomic E-state index is 12.5. The number of carbonyl (C=O) groups is 1. The number of nitrogens with one attached hydrogen (secondary N) is 1. The van der Waals surface area contributed by atoms with Crippen molar-refractivity contribution in [2.45, 2.75) is 39.7 Å². The molecule has 21 heavy (non-hydrogen) atoms. The highest BCUT2D eigenvalue weighted by Gasteiger charge is 2.28. The van der Waals surface area contributed by atoms with E-state index in [-0.39, 0.29) is 29.8 Å². The lowest BCUT2D eigenvalue weighted by atomic mass is 9.90. The van der Waals surface area contributed by atoms with Gasteiger partial charge in [-0.15, -0.1) is 12.4 Å². The number of halogens is 1. The number of pyridine rings is 1. The average molecular weight is 312 g/mol. The summed E-state index contributed by atoms with van der Waals surface area (Å²) in [5.74, 6) is 0.260. The fourth-order valence-electron chi connectivity index (χ4n) is 2.50. The van der Waals surface area contributed by atoms with Crippen molar-refractivity contribution < 1.29 is 4.79 Å². The Morgan fingerprint density at radius 1 is 1.48 bits per heavy atom. The topological polar surface area (TPSA) is 45.2 Å². The van der Waals surface area contributed by atoms with Gasteiger partial charge in [0, 0.05) is 38.4 Å². The van der Waals surface area contributed by atoms with Crippen molar-refractivity contribution >= 4 is 18.3 Å². The van der Waals surface area contributed by atoms with Crippen LogP contribution in [0.25, 0.3) is 0 Å². The highest BCUT2D eigenvalue weighted by molar-refractivity contribution is 5.85. The van der Waals surface area contributed by atoms with E-state index in [0.717, 1.165) is 31.6 Å². The van der Waals surface area contributed by atoms with Crippen LogP contribution in [0.3, 0.4) is 0 Å². The third-order valence-electron chi connectivity index (χ3n) is 3.72. The number of nitrogens with zero attached hydrogens (tertiary/aromatic N) is 2. The van der Waals surface area contributed by atoms with Crippen molar-refractivity contribution in [1.82, 2.24) is 15.2 Å². The van der Waals surface area contributed by atoms with Gasteiger partial charge in [-0.3, -0.25) is 9.78 Å². The summed E-state index contributed by atoms with van der Waals surface area (Å²) >= 11 is 0. The number of amides is 1. The summed E-state index contributed by atoms with van der Waals surface area (Å²) in [6, 6.07) is 4.10. The Morgan fingerprint density at radius 2 is 2.24 bits per heavy atom. The molecule has 0 aliphatic carbocycles. The van der Waals surface area contributed by atoms with E-state index in [0.29, 0.717) is 6.42 Å². The lowest BCUT2D eigenvalue weighted by Crippen LogP contribution is -2.48. The number of hydrogen-bond donors (Lipinski definition) is 1. The van der Waals surface area contributed by atoms with Crippen LogP contribution in [0, 0.1) is 5.41 Å². The molecule has 1 saturated heterocycles. The van der Waals surface area contributed by atoms with Crippen molar-refractivity contribution in [3.8, 4) is 0 Å². The smallest absolute Gasteiger partial charge is 0.223 e. The molecule has 1 aromatic heterocycles. The van der Waals surface area contributed by atoms with Gasteiger partial charge in [0.15, 0.2) is 0 Å². The number of rotatable bonds is 3. The molecular weight excluding hydrogens is 286 g/mol. The first-order valence-corrected chi connectivity index (χ1v) is 7.37. The Morgan fingerprint density at radius 3 is 2.86 bits per heavy atom. The van der Waals surface area contributed by atoms with Crippen LogP contribution in [0.2, 0.25) is 0 Å². The zero-order chi connectivity index (χ0) is 14.6. The first kappa shape index (κ1) is 17.9. The fraction of sp³-hybridized carbons (Fsp3) is 0.625. The number of aromatic nitrogens is 1. The van der Waals surface area contributed by atoms with Crippen molar-refractivity contribution in [1.29, 1.82) is 0 Å². The molecule has 1 N–H and O–H groups in total. The van der Waals surface area contributed by atoms with E-state index in [1.807, 2.05) is 17.2 Å². The van der Waals surface area contributed by atoms with Crippen LogP contribution in [-0.2, 0) is 4.79 Å². The van der Waals surface area contributed by atoms with Crippen LogP contribution in [0.4, 0.5) is 0 Å². The Balaban J connectivity index is 0.00000220. The van der Waals surface area contributed by atoms with Crippen LogP contribution in [-0.4, -0.2) is 35.4 Å². The molecule has 4 nitrogen and oxygen atoms in total. The zero-order valence-corrected chi connectivity index (χ0v) is 13.9. The van der Waals surface area contributed by atoms with Gasteiger partial charge in [-0.05, 0) is 23.5 Å². The van der Waals surface area contributed by atoms with Gasteiger partial charge >= 0.3 is 0 Å². The Kier molecular flexibility index (Phi) is 6.62. The van der Waals surface area contributed by atoms with E-state index in [1.54, 1.807) is 6.20 Å². The first-order valence-electron chi connectivity index (χ1n) is 7.37. The molecule has 1 fully saturated rings. The van der Waals surface area contributed by atoms with Gasteiger partial charge < -0.3 is 10.2 Å². The number of carbonyl (C=O) groups excluding carboxylic acids is 1. The monoisotopic (exact) mass is 311 g/mol. The van der Waals surface area contributed by atoms with E-state index >= 15 is 0 Å². The van der Waals surface area contributed by atoms with Gasteiger partial charge in [0.2, 0.25) is 5.91 Å². The summed E-state index contributed by atoms with van der Waals surface area (Å²) in [6.07, 6.45) is 5.18. The van der Waals surface area contributed by atoms with Crippen LogP contribution < -0.4 is 5.32 Å². The number of hydrogen-bond acceptors (Lipinski definition) is 3. The molecule has 1 unspecified atom stereocenters. The Hall–Kier alpha value is -1.13. The van der Waals surface area contributed by atoms with Crippen molar-refractivity contribution in [2.24, 2.45) is 5.41 Å². The largest absolute Gasteiger partial charge is 0.333 e. The molecule has 1 aliphatic rings. The lowest BCUT2D eigenvalue weighted by Gasteiger charge is -2.37. The number of piperazine rings is 1. The van der Waals surface area contributed by atoms with Crippen molar-refractivity contribution in [3.05, 3.63) is 30.1 Å².